The van der Waals surface area contributed by atoms with Crippen molar-refractivity contribution in [3.63, 3.8) is 0 Å². The molecule has 1 atom stereocenters. The third-order valence-electron chi connectivity index (χ3n) is 3.31. The van der Waals surface area contributed by atoms with Gasteiger partial charge in [0.15, 0.2) is 11.5 Å². The summed E-state index contributed by atoms with van der Waals surface area (Å²) in [6.45, 7) is 2.49. The molecule has 1 aromatic carbocycles. The molecule has 0 saturated heterocycles. The number of hydrogen-bond donors (Lipinski definition) is 2. The van der Waals surface area contributed by atoms with Crippen LogP contribution in [-0.4, -0.2) is 55.5 Å². The van der Waals surface area contributed by atoms with Crippen LogP contribution in [0.3, 0.4) is 0 Å². The molecule has 0 aliphatic carbocycles. The first-order valence-electron chi connectivity index (χ1n) is 7.21. The summed E-state index contributed by atoms with van der Waals surface area (Å²) in [5.74, 6) is 0.386. The third-order valence-corrected chi connectivity index (χ3v) is 3.31. The fourth-order valence-corrected chi connectivity index (χ4v) is 2.00. The molecule has 0 saturated carbocycles. The summed E-state index contributed by atoms with van der Waals surface area (Å²) in [5, 5.41) is 11.5. The molecule has 2 amide bonds. The number of carboxylic acid groups (broad SMARTS) is 1. The van der Waals surface area contributed by atoms with Crippen molar-refractivity contribution in [2.24, 2.45) is 5.92 Å². The number of benzene rings is 1. The minimum absolute atomic E-state index is 0.143. The number of aliphatic carboxylic acids is 1. The van der Waals surface area contributed by atoms with Crippen molar-refractivity contribution in [2.75, 3.05) is 33.5 Å². The Kier molecular flexibility index (Phi) is 5.51. The number of fused-ring (bicyclic) bond motifs is 1. The van der Waals surface area contributed by atoms with Crippen LogP contribution in [0.15, 0.2) is 18.2 Å². The lowest BCUT2D eigenvalue weighted by molar-refractivity contribution is -0.141. The van der Waals surface area contributed by atoms with Gasteiger partial charge in [0.1, 0.15) is 12.4 Å². The smallest absolute Gasteiger partial charge is 0.317 e. The molecule has 23 heavy (non-hydrogen) atoms. The van der Waals surface area contributed by atoms with Crippen LogP contribution in [0.4, 0.5) is 4.79 Å². The lowest BCUT2D eigenvalue weighted by atomic mass is 10.2. The summed E-state index contributed by atoms with van der Waals surface area (Å²) in [6.07, 6.45) is 0. The van der Waals surface area contributed by atoms with Crippen LogP contribution in [0.2, 0.25) is 0 Å². The Balaban J connectivity index is 1.68. The highest BCUT2D eigenvalue weighted by Crippen LogP contribution is 2.34. The average Bonchev–Trinajstić information content (AvgIpc) is 2.98. The monoisotopic (exact) mass is 324 g/mol. The highest BCUT2D eigenvalue weighted by Gasteiger charge is 2.17. The number of ether oxygens (including phenoxy) is 3. The summed E-state index contributed by atoms with van der Waals surface area (Å²) in [7, 11) is 1.55. The number of carboxylic acids is 1. The first-order chi connectivity index (χ1) is 11.0. The van der Waals surface area contributed by atoms with Gasteiger partial charge in [-0.25, -0.2) is 4.79 Å². The Hall–Kier alpha value is -2.64. The molecule has 0 aromatic heterocycles. The first-order valence-corrected chi connectivity index (χ1v) is 7.21. The lowest BCUT2D eigenvalue weighted by Gasteiger charge is -2.20. The van der Waals surface area contributed by atoms with Crippen LogP contribution in [0, 0.1) is 5.92 Å². The fraction of sp³-hybridized carbons (Fsp3) is 0.467. The Morgan fingerprint density at radius 1 is 1.39 bits per heavy atom. The van der Waals surface area contributed by atoms with Gasteiger partial charge in [-0.1, -0.05) is 6.92 Å². The highest BCUT2D eigenvalue weighted by atomic mass is 16.7. The van der Waals surface area contributed by atoms with Crippen molar-refractivity contribution < 1.29 is 28.9 Å². The first kappa shape index (κ1) is 16.7. The summed E-state index contributed by atoms with van der Waals surface area (Å²) >= 11 is 0. The number of nitrogens with zero attached hydrogens (tertiary/aromatic N) is 1. The summed E-state index contributed by atoms with van der Waals surface area (Å²) in [4.78, 5) is 23.9. The maximum absolute atomic E-state index is 11.8. The van der Waals surface area contributed by atoms with Crippen molar-refractivity contribution >= 4 is 12.0 Å². The van der Waals surface area contributed by atoms with Crippen molar-refractivity contribution in [2.45, 2.75) is 6.92 Å². The summed E-state index contributed by atoms with van der Waals surface area (Å²) in [6, 6.07) is 4.91. The molecule has 0 radical (unpaired) electrons. The summed E-state index contributed by atoms with van der Waals surface area (Å²) in [5.41, 5.74) is 0. The molecular formula is C15H20N2O6. The van der Waals surface area contributed by atoms with E-state index in [-0.39, 0.29) is 26.0 Å². The number of hydrogen-bond acceptors (Lipinski definition) is 5. The maximum Gasteiger partial charge on any atom is 0.317 e. The number of carbonyl (C=O) groups excluding carboxylic acids is 1. The van der Waals surface area contributed by atoms with E-state index in [1.165, 1.54) is 4.90 Å². The largest absolute Gasteiger partial charge is 0.492 e. The van der Waals surface area contributed by atoms with Crippen LogP contribution in [-0.2, 0) is 4.79 Å². The van der Waals surface area contributed by atoms with E-state index < -0.39 is 11.9 Å². The van der Waals surface area contributed by atoms with Gasteiger partial charge in [0.2, 0.25) is 6.79 Å². The van der Waals surface area contributed by atoms with Crippen LogP contribution in [0.5, 0.6) is 17.2 Å². The SMILES string of the molecule is CC(CN(C)C(=O)NCCOc1ccc2c(c1)OCO2)C(=O)O. The number of amides is 2. The molecule has 0 spiro atoms. The third kappa shape index (κ3) is 4.67. The van der Waals surface area contributed by atoms with E-state index in [1.807, 2.05) is 0 Å². The van der Waals surface area contributed by atoms with Crippen LogP contribution < -0.4 is 19.5 Å². The van der Waals surface area contributed by atoms with Gasteiger partial charge >= 0.3 is 12.0 Å². The molecule has 8 nitrogen and oxygen atoms in total. The van der Waals surface area contributed by atoms with E-state index in [0.717, 1.165) is 0 Å². The second kappa shape index (κ2) is 7.57. The topological polar surface area (TPSA) is 97.3 Å². The zero-order valence-electron chi connectivity index (χ0n) is 13.1. The molecule has 8 heteroatoms. The molecule has 0 bridgehead atoms. The standard InChI is InChI=1S/C15H20N2O6/c1-10(14(18)19)8-17(2)15(20)16-5-6-21-11-3-4-12-13(7-11)23-9-22-12/h3-4,7,10H,5-6,8-9H2,1-2H3,(H,16,20)(H,18,19). The molecule has 1 aromatic rings. The molecule has 126 valence electrons. The van der Waals surface area contributed by atoms with Crippen LogP contribution in [0.25, 0.3) is 0 Å². The van der Waals surface area contributed by atoms with E-state index in [2.05, 4.69) is 5.32 Å². The molecule has 1 aliphatic heterocycles. The predicted octanol–water partition coefficient (Wildman–Crippen LogP) is 1.16. The average molecular weight is 324 g/mol. The normalized spacial score (nSPS) is 13.3. The van der Waals surface area contributed by atoms with Crippen LogP contribution in [0.1, 0.15) is 6.92 Å². The number of urea groups is 1. The Morgan fingerprint density at radius 2 is 2.13 bits per heavy atom. The van der Waals surface area contributed by atoms with Crippen molar-refractivity contribution in [1.29, 1.82) is 0 Å². The molecule has 2 rings (SSSR count). The predicted molar refractivity (Wildman–Crippen MR) is 80.9 cm³/mol. The van der Waals surface area contributed by atoms with Gasteiger partial charge < -0.3 is 29.5 Å². The molecule has 2 N–H and O–H groups in total. The number of carbonyl (C=O) groups is 2. The van der Waals surface area contributed by atoms with E-state index >= 15 is 0 Å². The second-order valence-electron chi connectivity index (χ2n) is 5.22. The molecule has 1 unspecified atom stereocenters. The zero-order chi connectivity index (χ0) is 16.8. The van der Waals surface area contributed by atoms with Gasteiger partial charge in [-0.15, -0.1) is 0 Å². The van der Waals surface area contributed by atoms with E-state index in [4.69, 9.17) is 19.3 Å². The Bertz CT molecular complexity index is 577. The van der Waals surface area contributed by atoms with Gasteiger partial charge in [-0.3, -0.25) is 4.79 Å². The van der Waals surface area contributed by atoms with E-state index in [0.29, 0.717) is 23.8 Å². The minimum Gasteiger partial charge on any atom is -0.492 e. The summed E-state index contributed by atoms with van der Waals surface area (Å²) < 4.78 is 16.0. The second-order valence-corrected chi connectivity index (χ2v) is 5.22. The minimum atomic E-state index is -0.934. The molecule has 1 aliphatic rings. The maximum atomic E-state index is 11.8. The van der Waals surface area contributed by atoms with Crippen molar-refractivity contribution in [1.82, 2.24) is 10.2 Å². The van der Waals surface area contributed by atoms with Gasteiger partial charge in [0.05, 0.1) is 12.5 Å². The van der Waals surface area contributed by atoms with E-state index in [9.17, 15) is 9.59 Å². The van der Waals surface area contributed by atoms with Crippen molar-refractivity contribution in [3.8, 4) is 17.2 Å². The number of rotatable bonds is 7. The lowest BCUT2D eigenvalue weighted by Crippen LogP contribution is -2.42. The fourth-order valence-electron chi connectivity index (χ4n) is 2.00. The molecule has 0 fully saturated rings. The van der Waals surface area contributed by atoms with Crippen LogP contribution >= 0.6 is 0 Å². The number of nitrogens with one attached hydrogen (secondary N) is 1. The van der Waals surface area contributed by atoms with Gasteiger partial charge in [0, 0.05) is 19.7 Å². The van der Waals surface area contributed by atoms with Crippen molar-refractivity contribution in [3.05, 3.63) is 18.2 Å². The van der Waals surface area contributed by atoms with Gasteiger partial charge in [-0.05, 0) is 12.1 Å². The highest BCUT2D eigenvalue weighted by molar-refractivity contribution is 5.75. The molecular weight excluding hydrogens is 304 g/mol. The molecule has 1 heterocycles. The Morgan fingerprint density at radius 3 is 2.87 bits per heavy atom. The quantitative estimate of drug-likeness (QED) is 0.730. The zero-order valence-corrected chi connectivity index (χ0v) is 13.1. The van der Waals surface area contributed by atoms with E-state index in [1.54, 1.807) is 32.2 Å². The Labute approximate surface area is 133 Å². The van der Waals surface area contributed by atoms with Gasteiger partial charge in [0.25, 0.3) is 0 Å². The van der Waals surface area contributed by atoms with Gasteiger partial charge in [-0.2, -0.15) is 0 Å².